The number of esters is 1. The number of carbonyl (C=O) groups is 2. The van der Waals surface area contributed by atoms with Crippen LogP contribution in [0.3, 0.4) is 0 Å². The van der Waals surface area contributed by atoms with Gasteiger partial charge in [-0.1, -0.05) is 5.16 Å². The summed E-state index contributed by atoms with van der Waals surface area (Å²) in [5.41, 5.74) is 0.0865. The minimum absolute atomic E-state index is 0.0164. The maximum atomic E-state index is 13.7. The zero-order chi connectivity index (χ0) is 17.1. The molecule has 0 N–H and O–H groups in total. The number of methoxy groups -OCH3 is 1. The van der Waals surface area contributed by atoms with E-state index in [9.17, 15) is 18.4 Å². The molecule has 8 heteroatoms. The number of ether oxygens (including phenoxy) is 1. The molecule has 0 aliphatic carbocycles. The first kappa shape index (κ1) is 16.9. The number of hydrogen-bond acceptors (Lipinski definition) is 5. The molecular weight excluding hydrogens is 310 g/mol. The van der Waals surface area contributed by atoms with E-state index in [4.69, 9.17) is 4.84 Å². The smallest absolute Gasteiger partial charge is 0.328 e. The molecule has 23 heavy (non-hydrogen) atoms. The Labute approximate surface area is 131 Å². The van der Waals surface area contributed by atoms with Crippen LogP contribution in [0.2, 0.25) is 0 Å². The van der Waals surface area contributed by atoms with Crippen LogP contribution in [0.15, 0.2) is 23.4 Å². The van der Waals surface area contributed by atoms with Gasteiger partial charge in [0, 0.05) is 19.0 Å². The van der Waals surface area contributed by atoms with Crippen molar-refractivity contribution >= 4 is 17.6 Å². The molecular formula is C15H16F2N2O4. The molecule has 0 spiro atoms. The molecule has 0 bridgehead atoms. The molecule has 124 valence electrons. The van der Waals surface area contributed by atoms with E-state index in [2.05, 4.69) is 9.89 Å². The van der Waals surface area contributed by atoms with Crippen LogP contribution in [0.4, 0.5) is 8.78 Å². The average molecular weight is 326 g/mol. The normalized spacial score (nSPS) is 18.0. The zero-order valence-corrected chi connectivity index (χ0v) is 12.9. The van der Waals surface area contributed by atoms with Crippen LogP contribution in [0.1, 0.15) is 18.9 Å². The van der Waals surface area contributed by atoms with Gasteiger partial charge in [0.1, 0.15) is 17.7 Å². The summed E-state index contributed by atoms with van der Waals surface area (Å²) >= 11 is 0. The van der Waals surface area contributed by atoms with Crippen LogP contribution >= 0.6 is 0 Å². The van der Waals surface area contributed by atoms with E-state index in [1.807, 2.05) is 0 Å². The Bertz CT molecular complexity index is 663. The SMILES string of the molecule is COC(=O)[C@@H](C)N(C)C(=O)[C@H]1CC(c2cc(F)ccc2F)=NO1. The molecule has 6 nitrogen and oxygen atoms in total. The third-order valence-corrected chi connectivity index (χ3v) is 3.65. The second-order valence-corrected chi connectivity index (χ2v) is 5.11. The summed E-state index contributed by atoms with van der Waals surface area (Å²) in [5.74, 6) is -2.34. The highest BCUT2D eigenvalue weighted by Crippen LogP contribution is 2.21. The first-order valence-corrected chi connectivity index (χ1v) is 6.87. The number of amides is 1. The van der Waals surface area contributed by atoms with E-state index in [0.717, 1.165) is 23.1 Å². The second kappa shape index (κ2) is 6.72. The number of rotatable bonds is 4. The molecule has 0 saturated heterocycles. The van der Waals surface area contributed by atoms with Gasteiger partial charge in [-0.3, -0.25) is 4.79 Å². The Morgan fingerprint density at radius 1 is 1.43 bits per heavy atom. The van der Waals surface area contributed by atoms with E-state index < -0.39 is 35.7 Å². The van der Waals surface area contributed by atoms with Gasteiger partial charge in [-0.15, -0.1) is 0 Å². The quantitative estimate of drug-likeness (QED) is 0.786. The highest BCUT2D eigenvalue weighted by molar-refractivity contribution is 6.04. The first-order chi connectivity index (χ1) is 10.8. The molecule has 1 aliphatic rings. The van der Waals surface area contributed by atoms with Crippen molar-refractivity contribution in [2.75, 3.05) is 14.2 Å². The van der Waals surface area contributed by atoms with Gasteiger partial charge in [0.2, 0.25) is 6.10 Å². The van der Waals surface area contributed by atoms with Crippen LogP contribution in [0, 0.1) is 11.6 Å². The maximum Gasteiger partial charge on any atom is 0.328 e. The van der Waals surface area contributed by atoms with Crippen molar-refractivity contribution in [3.05, 3.63) is 35.4 Å². The number of oxime groups is 1. The molecule has 2 atom stereocenters. The predicted molar refractivity (Wildman–Crippen MR) is 76.6 cm³/mol. The molecule has 0 unspecified atom stereocenters. The average Bonchev–Trinajstić information content (AvgIpc) is 3.03. The van der Waals surface area contributed by atoms with Crippen molar-refractivity contribution in [1.29, 1.82) is 0 Å². The summed E-state index contributed by atoms with van der Waals surface area (Å²) in [5, 5.41) is 3.66. The van der Waals surface area contributed by atoms with E-state index in [1.165, 1.54) is 21.1 Å². The van der Waals surface area contributed by atoms with Crippen molar-refractivity contribution in [2.24, 2.45) is 5.16 Å². The molecule has 0 fully saturated rings. The Hall–Kier alpha value is -2.51. The van der Waals surface area contributed by atoms with Crippen molar-refractivity contribution < 1.29 is 27.9 Å². The molecule has 1 aromatic rings. The van der Waals surface area contributed by atoms with Gasteiger partial charge in [-0.2, -0.15) is 0 Å². The molecule has 1 amide bonds. The Morgan fingerprint density at radius 3 is 2.78 bits per heavy atom. The van der Waals surface area contributed by atoms with Crippen LogP contribution in [-0.2, 0) is 19.2 Å². The van der Waals surface area contributed by atoms with Gasteiger partial charge in [-0.05, 0) is 25.1 Å². The summed E-state index contributed by atoms with van der Waals surface area (Å²) in [7, 11) is 2.64. The van der Waals surface area contributed by atoms with Gasteiger partial charge in [-0.25, -0.2) is 13.6 Å². The molecule has 1 aliphatic heterocycles. The lowest BCUT2D eigenvalue weighted by atomic mass is 10.0. The van der Waals surface area contributed by atoms with E-state index >= 15 is 0 Å². The lowest BCUT2D eigenvalue weighted by Crippen LogP contribution is -2.45. The summed E-state index contributed by atoms with van der Waals surface area (Å²) in [6.45, 7) is 1.51. The van der Waals surface area contributed by atoms with Gasteiger partial charge >= 0.3 is 5.97 Å². The number of likely N-dealkylation sites (N-methyl/N-ethyl adjacent to an activating group) is 1. The van der Waals surface area contributed by atoms with Crippen LogP contribution in [0.5, 0.6) is 0 Å². The number of hydrogen-bond donors (Lipinski definition) is 0. The fourth-order valence-electron chi connectivity index (χ4n) is 2.13. The van der Waals surface area contributed by atoms with Crippen molar-refractivity contribution in [3.8, 4) is 0 Å². The standard InChI is InChI=1S/C15H16F2N2O4/c1-8(15(21)22-3)19(2)14(20)13-7-12(18-23-13)10-6-9(16)4-5-11(10)17/h4-6,8,13H,7H2,1-3H3/t8-,13-/m1/s1. The molecule has 2 rings (SSSR count). The number of halogens is 2. The number of carbonyl (C=O) groups excluding carboxylic acids is 2. The largest absolute Gasteiger partial charge is 0.467 e. The molecule has 0 aromatic heterocycles. The van der Waals surface area contributed by atoms with E-state index in [0.29, 0.717) is 0 Å². The van der Waals surface area contributed by atoms with Crippen molar-refractivity contribution in [2.45, 2.75) is 25.5 Å². The highest BCUT2D eigenvalue weighted by Gasteiger charge is 2.35. The summed E-state index contributed by atoms with van der Waals surface area (Å²) in [6.07, 6.45) is -1.01. The summed E-state index contributed by atoms with van der Waals surface area (Å²) in [4.78, 5) is 29.9. The Kier molecular flexibility index (Phi) is 4.92. The predicted octanol–water partition coefficient (Wildman–Crippen LogP) is 1.48. The fraction of sp³-hybridized carbons (Fsp3) is 0.400. The lowest BCUT2D eigenvalue weighted by Gasteiger charge is -2.24. The number of benzene rings is 1. The van der Waals surface area contributed by atoms with E-state index in [1.54, 1.807) is 0 Å². The van der Waals surface area contributed by atoms with E-state index in [-0.39, 0.29) is 17.7 Å². The minimum Gasteiger partial charge on any atom is -0.467 e. The third-order valence-electron chi connectivity index (χ3n) is 3.65. The van der Waals surface area contributed by atoms with Crippen molar-refractivity contribution in [3.63, 3.8) is 0 Å². The minimum atomic E-state index is -0.996. The van der Waals surface area contributed by atoms with Gasteiger partial charge < -0.3 is 14.5 Å². The molecule has 1 aromatic carbocycles. The first-order valence-electron chi connectivity index (χ1n) is 6.87. The van der Waals surface area contributed by atoms with Crippen LogP contribution in [-0.4, -0.2) is 48.8 Å². The maximum absolute atomic E-state index is 13.7. The second-order valence-electron chi connectivity index (χ2n) is 5.11. The highest BCUT2D eigenvalue weighted by atomic mass is 19.1. The third kappa shape index (κ3) is 3.46. The fourth-order valence-corrected chi connectivity index (χ4v) is 2.13. The Morgan fingerprint density at radius 2 is 2.13 bits per heavy atom. The van der Waals surface area contributed by atoms with Gasteiger partial charge in [0.15, 0.2) is 0 Å². The van der Waals surface area contributed by atoms with Crippen LogP contribution in [0.25, 0.3) is 0 Å². The number of nitrogens with zero attached hydrogens (tertiary/aromatic N) is 2. The zero-order valence-electron chi connectivity index (χ0n) is 12.9. The lowest BCUT2D eigenvalue weighted by molar-refractivity contribution is -0.154. The molecule has 1 heterocycles. The topological polar surface area (TPSA) is 68.2 Å². The molecule has 0 radical (unpaired) electrons. The van der Waals surface area contributed by atoms with Crippen molar-refractivity contribution in [1.82, 2.24) is 4.90 Å². The summed E-state index contributed by atoms with van der Waals surface area (Å²) < 4.78 is 31.5. The molecule has 0 saturated carbocycles. The van der Waals surface area contributed by atoms with Gasteiger partial charge in [0.25, 0.3) is 5.91 Å². The Balaban J connectivity index is 2.08. The summed E-state index contributed by atoms with van der Waals surface area (Å²) in [6, 6.07) is 2.16. The van der Waals surface area contributed by atoms with Gasteiger partial charge in [0.05, 0.1) is 12.8 Å². The van der Waals surface area contributed by atoms with Crippen LogP contribution < -0.4 is 0 Å². The monoisotopic (exact) mass is 326 g/mol.